The van der Waals surface area contributed by atoms with Crippen LogP contribution in [0, 0.1) is 0 Å². The Kier molecular flexibility index (Phi) is 11.3. The van der Waals surface area contributed by atoms with E-state index in [1.165, 1.54) is 17.0 Å². The topological polar surface area (TPSA) is 162 Å². The molecular weight excluding hydrogens is 613 g/mol. The highest BCUT2D eigenvalue weighted by molar-refractivity contribution is 8.00. The first-order valence-corrected chi connectivity index (χ1v) is 16.2. The minimum absolute atomic E-state index is 0.0287. The molecule has 3 aliphatic heterocycles. The van der Waals surface area contributed by atoms with Crippen LogP contribution in [0.15, 0.2) is 34.5 Å². The van der Waals surface area contributed by atoms with Crippen LogP contribution in [0.3, 0.4) is 0 Å². The first-order chi connectivity index (χ1) is 21.4. The van der Waals surface area contributed by atoms with Crippen molar-refractivity contribution in [3.8, 4) is 0 Å². The first-order valence-electron chi connectivity index (χ1n) is 15.2. The van der Waals surface area contributed by atoms with Crippen molar-refractivity contribution in [1.82, 2.24) is 25.8 Å². The molecule has 3 aliphatic rings. The molecule has 3 heterocycles. The van der Waals surface area contributed by atoms with Gasteiger partial charge < -0.3 is 31.5 Å². The van der Waals surface area contributed by atoms with E-state index in [-0.39, 0.29) is 47.6 Å². The van der Waals surface area contributed by atoms with Crippen LogP contribution in [-0.4, -0.2) is 103 Å². The average Bonchev–Trinajstić information content (AvgIpc) is 3.65. The van der Waals surface area contributed by atoms with E-state index >= 15 is 0 Å². The van der Waals surface area contributed by atoms with Crippen LogP contribution in [0.4, 0.5) is 18.0 Å². The van der Waals surface area contributed by atoms with Crippen LogP contribution in [0.2, 0.25) is 0 Å². The molecule has 2 saturated heterocycles. The summed E-state index contributed by atoms with van der Waals surface area (Å²) < 4.78 is 39.9. The van der Waals surface area contributed by atoms with Gasteiger partial charge in [0.2, 0.25) is 11.8 Å². The number of hydrogen-bond acceptors (Lipinski definition) is 8. The lowest BCUT2D eigenvalue weighted by atomic mass is 10.0. The zero-order valence-corrected chi connectivity index (χ0v) is 26.3. The van der Waals surface area contributed by atoms with E-state index < -0.39 is 23.8 Å². The molecule has 45 heavy (non-hydrogen) atoms. The lowest BCUT2D eigenvalue weighted by Gasteiger charge is -2.27. The number of nitrogens with two attached hydrogens (primary N) is 1. The van der Waals surface area contributed by atoms with Crippen LogP contribution in [0.25, 0.3) is 0 Å². The Morgan fingerprint density at radius 1 is 1.07 bits per heavy atom. The molecule has 0 bridgehead atoms. The largest absolute Gasteiger partial charge is 0.442 e. The number of hydrogen-bond donors (Lipinski definition) is 4. The Morgan fingerprint density at radius 2 is 1.76 bits per heavy atom. The molecule has 1 aromatic rings. The summed E-state index contributed by atoms with van der Waals surface area (Å²) in [7, 11) is 3.28. The number of carbonyl (C=O) groups excluding carboxylic acids is 4. The second kappa shape index (κ2) is 14.8. The molecule has 4 atom stereocenters. The number of rotatable bonds is 16. The van der Waals surface area contributed by atoms with Crippen molar-refractivity contribution in [2.45, 2.75) is 80.2 Å². The SMILES string of the molecule is CN(CCN(C)C(=O)[C@H](CCCCN)NC(=O)c1ccc(C2(C(F)(F)F)N=N2)cc1)C(=O)CCCC[C@@H]1SC[C@@H]2NC(=O)N[C@@H]21. The van der Waals surface area contributed by atoms with Gasteiger partial charge in [-0.1, -0.05) is 18.6 Å². The van der Waals surface area contributed by atoms with Crippen molar-refractivity contribution in [3.05, 3.63) is 35.4 Å². The number of urea groups is 1. The number of benzene rings is 1. The number of halogens is 3. The van der Waals surface area contributed by atoms with Crippen LogP contribution in [0.1, 0.15) is 60.9 Å². The molecule has 1 aromatic carbocycles. The molecule has 248 valence electrons. The summed E-state index contributed by atoms with van der Waals surface area (Å²) in [5.41, 5.74) is 2.93. The highest BCUT2D eigenvalue weighted by atomic mass is 32.2. The maximum absolute atomic E-state index is 13.3. The lowest BCUT2D eigenvalue weighted by molar-refractivity contribution is -0.166. The second-order valence-electron chi connectivity index (χ2n) is 11.7. The fraction of sp³-hybridized carbons (Fsp3) is 0.655. The summed E-state index contributed by atoms with van der Waals surface area (Å²) in [5.74, 6) is -0.0757. The molecule has 5 amide bonds. The van der Waals surface area contributed by atoms with Gasteiger partial charge in [0, 0.05) is 55.7 Å². The summed E-state index contributed by atoms with van der Waals surface area (Å²) in [5, 5.41) is 15.3. The van der Waals surface area contributed by atoms with Gasteiger partial charge in [0.15, 0.2) is 0 Å². The summed E-state index contributed by atoms with van der Waals surface area (Å²) in [6, 6.07) is 4.14. The summed E-state index contributed by atoms with van der Waals surface area (Å²) >= 11 is 1.84. The molecule has 2 fully saturated rings. The molecule has 4 rings (SSSR count). The molecule has 0 aliphatic carbocycles. The third kappa shape index (κ3) is 8.45. The molecule has 0 radical (unpaired) electrons. The lowest BCUT2D eigenvalue weighted by Crippen LogP contribution is -2.49. The molecule has 0 saturated carbocycles. The van der Waals surface area contributed by atoms with Gasteiger partial charge in [0.25, 0.3) is 5.91 Å². The van der Waals surface area contributed by atoms with Crippen molar-refractivity contribution < 1.29 is 32.3 Å². The maximum Gasteiger partial charge on any atom is 0.442 e. The molecule has 16 heteroatoms. The molecule has 5 N–H and O–H groups in total. The average molecular weight is 655 g/mol. The summed E-state index contributed by atoms with van der Waals surface area (Å²) in [6.45, 7) is 0.980. The first kappa shape index (κ1) is 34.5. The molecular formula is C29H41F3N8O4S. The highest BCUT2D eigenvalue weighted by Crippen LogP contribution is 2.52. The van der Waals surface area contributed by atoms with E-state index in [4.69, 9.17) is 5.73 Å². The third-order valence-corrected chi connectivity index (χ3v) is 9.94. The Hall–Kier alpha value is -3.40. The number of thioether (sulfide) groups is 1. The number of nitrogens with one attached hydrogen (secondary N) is 3. The number of likely N-dealkylation sites (N-methyl/N-ethyl adjacent to an activating group) is 2. The molecule has 12 nitrogen and oxygen atoms in total. The van der Waals surface area contributed by atoms with Crippen LogP contribution in [0.5, 0.6) is 0 Å². The number of alkyl halides is 3. The number of nitrogens with zero attached hydrogens (tertiary/aromatic N) is 4. The van der Waals surface area contributed by atoms with Crippen molar-refractivity contribution in [2.75, 3.05) is 39.5 Å². The Labute approximate surface area is 264 Å². The van der Waals surface area contributed by atoms with Crippen molar-refractivity contribution in [1.29, 1.82) is 0 Å². The molecule has 0 spiro atoms. The van der Waals surface area contributed by atoms with Gasteiger partial charge in [0.1, 0.15) is 6.04 Å². The third-order valence-electron chi connectivity index (χ3n) is 8.44. The smallest absolute Gasteiger partial charge is 0.344 e. The Balaban J connectivity index is 1.22. The summed E-state index contributed by atoms with van der Waals surface area (Å²) in [6.07, 6.45) is -0.216. The highest BCUT2D eigenvalue weighted by Gasteiger charge is 2.65. The van der Waals surface area contributed by atoms with E-state index in [2.05, 4.69) is 26.2 Å². The molecule has 0 unspecified atom stereocenters. The van der Waals surface area contributed by atoms with Gasteiger partial charge >= 0.3 is 17.9 Å². The number of amides is 5. The minimum Gasteiger partial charge on any atom is -0.344 e. The van der Waals surface area contributed by atoms with Crippen molar-refractivity contribution >= 4 is 35.5 Å². The fourth-order valence-electron chi connectivity index (χ4n) is 5.54. The van der Waals surface area contributed by atoms with Gasteiger partial charge in [-0.05, 0) is 50.8 Å². The normalized spacial score (nSPS) is 21.8. The van der Waals surface area contributed by atoms with Gasteiger partial charge in [-0.25, -0.2) is 4.79 Å². The van der Waals surface area contributed by atoms with E-state index in [0.29, 0.717) is 44.0 Å². The van der Waals surface area contributed by atoms with E-state index in [0.717, 1.165) is 37.1 Å². The standard InChI is InChI=1S/C29H41F3N8O4S/c1-39(23(41)9-4-3-8-22-24-21(17-45-22)35-27(44)36-24)15-16-40(2)26(43)20(7-5-6-14-33)34-25(42)18-10-12-19(13-11-18)28(37-38-28)29(30,31)32/h10-13,20-22,24H,3-9,14-17,33H2,1-2H3,(H,34,42)(H2,35,36,44)/t20-,21-,22-,24-/m0/s1. The molecule has 0 aromatic heterocycles. The van der Waals surface area contributed by atoms with Crippen molar-refractivity contribution in [2.24, 2.45) is 16.0 Å². The van der Waals surface area contributed by atoms with Gasteiger partial charge in [-0.2, -0.15) is 24.9 Å². The monoisotopic (exact) mass is 654 g/mol. The number of unbranched alkanes of at least 4 members (excludes halogenated alkanes) is 2. The van der Waals surface area contributed by atoms with Crippen LogP contribution < -0.4 is 21.7 Å². The van der Waals surface area contributed by atoms with Gasteiger partial charge in [0.05, 0.1) is 12.1 Å². The quantitative estimate of drug-likeness (QED) is 0.158. The van der Waals surface area contributed by atoms with E-state index in [1.54, 1.807) is 19.0 Å². The van der Waals surface area contributed by atoms with E-state index in [9.17, 15) is 32.3 Å². The Bertz CT molecular complexity index is 1260. The van der Waals surface area contributed by atoms with Gasteiger partial charge in [-0.3, -0.25) is 14.4 Å². The predicted molar refractivity (Wildman–Crippen MR) is 162 cm³/mol. The minimum atomic E-state index is -4.67. The van der Waals surface area contributed by atoms with Gasteiger partial charge in [-0.15, -0.1) is 10.2 Å². The predicted octanol–water partition coefficient (Wildman–Crippen LogP) is 2.74. The summed E-state index contributed by atoms with van der Waals surface area (Å²) in [4.78, 5) is 53.6. The second-order valence-corrected chi connectivity index (χ2v) is 13.0. The number of fused-ring (bicyclic) bond motifs is 1. The fourth-order valence-corrected chi connectivity index (χ4v) is 7.09. The van der Waals surface area contributed by atoms with Crippen LogP contribution in [-0.2, 0) is 15.3 Å². The maximum atomic E-state index is 13.3. The number of carbonyl (C=O) groups is 4. The van der Waals surface area contributed by atoms with Crippen molar-refractivity contribution in [3.63, 3.8) is 0 Å². The Morgan fingerprint density at radius 3 is 2.40 bits per heavy atom. The van der Waals surface area contributed by atoms with Crippen LogP contribution >= 0.6 is 11.8 Å². The zero-order valence-electron chi connectivity index (χ0n) is 25.4. The van der Waals surface area contributed by atoms with E-state index in [1.807, 2.05) is 11.8 Å². The zero-order chi connectivity index (χ0) is 32.8.